The lowest BCUT2D eigenvalue weighted by molar-refractivity contribution is 0.296. The molecule has 0 saturated heterocycles. The van der Waals surface area contributed by atoms with Gasteiger partial charge in [-0.2, -0.15) is 5.10 Å². The first-order valence-corrected chi connectivity index (χ1v) is 9.36. The van der Waals surface area contributed by atoms with Crippen LogP contribution in [0.2, 0.25) is 0 Å². The molecule has 1 fully saturated rings. The average molecular weight is 355 g/mol. The molecule has 0 spiro atoms. The van der Waals surface area contributed by atoms with Crippen molar-refractivity contribution >= 4 is 5.96 Å². The van der Waals surface area contributed by atoms with E-state index in [2.05, 4.69) is 52.8 Å². The lowest BCUT2D eigenvalue weighted by atomic mass is 10.1. The molecule has 1 aliphatic rings. The number of guanidine groups is 1. The van der Waals surface area contributed by atoms with E-state index in [0.29, 0.717) is 13.1 Å². The molecule has 6 heteroatoms. The molecule has 0 unspecified atom stereocenters. The minimum Gasteiger partial charge on any atom is -0.493 e. The van der Waals surface area contributed by atoms with Gasteiger partial charge in [-0.3, -0.25) is 4.68 Å². The molecule has 0 bridgehead atoms. The number of rotatable bonds is 8. The maximum Gasteiger partial charge on any atom is 0.191 e. The van der Waals surface area contributed by atoms with Crippen molar-refractivity contribution in [1.29, 1.82) is 0 Å². The number of nitrogens with one attached hydrogen (secondary N) is 2. The molecule has 0 radical (unpaired) electrons. The molecular formula is C20H29N5O. The van der Waals surface area contributed by atoms with Crippen LogP contribution in [0.15, 0.2) is 35.6 Å². The van der Waals surface area contributed by atoms with E-state index in [9.17, 15) is 0 Å². The zero-order chi connectivity index (χ0) is 18.4. The Morgan fingerprint density at radius 2 is 2.19 bits per heavy atom. The van der Waals surface area contributed by atoms with Crippen molar-refractivity contribution in [2.75, 3.05) is 13.2 Å². The highest BCUT2D eigenvalue weighted by Gasteiger charge is 2.22. The van der Waals surface area contributed by atoms with Crippen LogP contribution in [0.3, 0.4) is 0 Å². The summed E-state index contributed by atoms with van der Waals surface area (Å²) in [7, 11) is 1.91. The molecule has 2 N–H and O–H groups in total. The van der Waals surface area contributed by atoms with Crippen LogP contribution in [-0.4, -0.2) is 28.9 Å². The highest BCUT2D eigenvalue weighted by atomic mass is 16.5. The topological polar surface area (TPSA) is 63.5 Å². The molecule has 1 aliphatic carbocycles. The van der Waals surface area contributed by atoms with Gasteiger partial charge in [0, 0.05) is 37.5 Å². The van der Waals surface area contributed by atoms with Crippen molar-refractivity contribution in [1.82, 2.24) is 20.4 Å². The highest BCUT2D eigenvalue weighted by Crippen LogP contribution is 2.30. The normalized spacial score (nSPS) is 14.3. The Morgan fingerprint density at radius 3 is 2.88 bits per heavy atom. The minimum absolute atomic E-state index is 0.599. The number of ether oxygens (including phenoxy) is 1. The Balaban J connectivity index is 1.62. The summed E-state index contributed by atoms with van der Waals surface area (Å²) in [5.74, 6) is 2.52. The molecule has 1 aromatic carbocycles. The second-order valence-electron chi connectivity index (χ2n) is 6.94. The molecule has 140 valence electrons. The fraction of sp³-hybridized carbons (Fsp3) is 0.500. The number of aryl methyl sites for hydroxylation is 2. The first kappa shape index (κ1) is 18.3. The molecular weight excluding hydrogens is 326 g/mol. The standard InChI is InChI=1S/C20H29N5O/c1-4-21-20(22-10-17-11-24-25(3)13-17)23-12-18-8-5-15(2)9-19(18)26-14-16-6-7-16/h5,8-9,11,13,16H,4,6-7,10,12,14H2,1-3H3,(H2,21,22,23). The van der Waals surface area contributed by atoms with Crippen molar-refractivity contribution in [2.45, 2.75) is 39.8 Å². The summed E-state index contributed by atoms with van der Waals surface area (Å²) in [5.41, 5.74) is 3.47. The highest BCUT2D eigenvalue weighted by molar-refractivity contribution is 5.79. The molecule has 0 amide bonds. The number of aliphatic imine (C=N–C) groups is 1. The van der Waals surface area contributed by atoms with Gasteiger partial charge in [-0.15, -0.1) is 0 Å². The smallest absolute Gasteiger partial charge is 0.191 e. The fourth-order valence-electron chi connectivity index (χ4n) is 2.68. The maximum atomic E-state index is 6.05. The van der Waals surface area contributed by atoms with E-state index in [-0.39, 0.29) is 0 Å². The van der Waals surface area contributed by atoms with Gasteiger partial charge in [0.05, 0.1) is 19.3 Å². The van der Waals surface area contributed by atoms with Crippen LogP contribution in [0.5, 0.6) is 5.75 Å². The van der Waals surface area contributed by atoms with Gasteiger partial charge in [0.2, 0.25) is 0 Å². The lowest BCUT2D eigenvalue weighted by Crippen LogP contribution is -2.36. The molecule has 26 heavy (non-hydrogen) atoms. The van der Waals surface area contributed by atoms with E-state index in [1.807, 2.05) is 19.4 Å². The Hall–Kier alpha value is -2.50. The predicted octanol–water partition coefficient (Wildman–Crippen LogP) is 2.77. The van der Waals surface area contributed by atoms with E-state index >= 15 is 0 Å². The minimum atomic E-state index is 0.599. The van der Waals surface area contributed by atoms with E-state index in [1.165, 1.54) is 18.4 Å². The van der Waals surface area contributed by atoms with E-state index in [1.54, 1.807) is 4.68 Å². The van der Waals surface area contributed by atoms with Gasteiger partial charge in [0.15, 0.2) is 5.96 Å². The Kier molecular flexibility index (Phi) is 6.15. The van der Waals surface area contributed by atoms with Gasteiger partial charge < -0.3 is 15.4 Å². The lowest BCUT2D eigenvalue weighted by Gasteiger charge is -2.15. The molecule has 0 atom stereocenters. The van der Waals surface area contributed by atoms with Crippen molar-refractivity contribution in [3.05, 3.63) is 47.3 Å². The first-order chi connectivity index (χ1) is 12.6. The van der Waals surface area contributed by atoms with Crippen molar-refractivity contribution < 1.29 is 4.74 Å². The predicted molar refractivity (Wildman–Crippen MR) is 104 cm³/mol. The molecule has 2 aromatic rings. The molecule has 3 rings (SSSR count). The van der Waals surface area contributed by atoms with Crippen LogP contribution in [0.1, 0.15) is 36.5 Å². The van der Waals surface area contributed by atoms with Gasteiger partial charge in [-0.05, 0) is 44.2 Å². The maximum absolute atomic E-state index is 6.05. The second-order valence-corrected chi connectivity index (χ2v) is 6.94. The van der Waals surface area contributed by atoms with Gasteiger partial charge in [-0.1, -0.05) is 12.1 Å². The van der Waals surface area contributed by atoms with Gasteiger partial charge in [0.1, 0.15) is 5.75 Å². The average Bonchev–Trinajstić information content (AvgIpc) is 3.37. The third kappa shape index (κ3) is 5.51. The summed E-state index contributed by atoms with van der Waals surface area (Å²) in [6.07, 6.45) is 6.42. The largest absolute Gasteiger partial charge is 0.493 e. The van der Waals surface area contributed by atoms with Gasteiger partial charge >= 0.3 is 0 Å². The number of hydrogen-bond acceptors (Lipinski definition) is 3. The Labute approximate surface area is 155 Å². The molecule has 1 heterocycles. The first-order valence-electron chi connectivity index (χ1n) is 9.36. The van der Waals surface area contributed by atoms with Crippen LogP contribution in [0.4, 0.5) is 0 Å². The fourth-order valence-corrected chi connectivity index (χ4v) is 2.68. The van der Waals surface area contributed by atoms with Crippen LogP contribution in [0.25, 0.3) is 0 Å². The summed E-state index contributed by atoms with van der Waals surface area (Å²) < 4.78 is 7.85. The molecule has 0 aliphatic heterocycles. The second kappa shape index (κ2) is 8.74. The van der Waals surface area contributed by atoms with Crippen LogP contribution >= 0.6 is 0 Å². The number of aromatic nitrogens is 2. The van der Waals surface area contributed by atoms with Crippen molar-refractivity contribution in [3.63, 3.8) is 0 Å². The summed E-state index contributed by atoms with van der Waals surface area (Å²) in [4.78, 5) is 4.64. The number of nitrogens with zero attached hydrogens (tertiary/aromatic N) is 3. The number of hydrogen-bond donors (Lipinski definition) is 2. The van der Waals surface area contributed by atoms with E-state index in [0.717, 1.165) is 41.9 Å². The third-order valence-corrected chi connectivity index (χ3v) is 4.36. The van der Waals surface area contributed by atoms with E-state index < -0.39 is 0 Å². The molecule has 6 nitrogen and oxygen atoms in total. The quantitative estimate of drug-likeness (QED) is 0.565. The zero-order valence-electron chi connectivity index (χ0n) is 16.0. The Morgan fingerprint density at radius 1 is 1.35 bits per heavy atom. The number of benzene rings is 1. The molecule has 1 saturated carbocycles. The third-order valence-electron chi connectivity index (χ3n) is 4.36. The van der Waals surface area contributed by atoms with Gasteiger partial charge in [-0.25, -0.2) is 4.99 Å². The summed E-state index contributed by atoms with van der Waals surface area (Å²) in [6, 6.07) is 6.38. The van der Waals surface area contributed by atoms with Crippen LogP contribution in [-0.2, 0) is 20.1 Å². The monoisotopic (exact) mass is 355 g/mol. The summed E-state index contributed by atoms with van der Waals surface area (Å²) in [5, 5.41) is 10.9. The zero-order valence-corrected chi connectivity index (χ0v) is 16.0. The molecule has 1 aromatic heterocycles. The van der Waals surface area contributed by atoms with Crippen molar-refractivity contribution in [3.8, 4) is 5.75 Å². The van der Waals surface area contributed by atoms with Gasteiger partial charge in [0.25, 0.3) is 0 Å². The van der Waals surface area contributed by atoms with E-state index in [4.69, 9.17) is 4.74 Å². The summed E-state index contributed by atoms with van der Waals surface area (Å²) >= 11 is 0. The Bertz CT molecular complexity index is 748. The van der Waals surface area contributed by atoms with Crippen molar-refractivity contribution in [2.24, 2.45) is 18.0 Å². The summed E-state index contributed by atoms with van der Waals surface area (Å²) in [6.45, 7) is 7.09. The SMILES string of the molecule is CCNC(=NCc1cnn(C)c1)NCc1ccc(C)cc1OCC1CC1. The van der Waals surface area contributed by atoms with Crippen LogP contribution < -0.4 is 15.4 Å². The van der Waals surface area contributed by atoms with Crippen LogP contribution in [0, 0.1) is 12.8 Å².